The molecule has 1 fully saturated rings. The fraction of sp³-hybridized carbons (Fsp3) is 0.643. The van der Waals surface area contributed by atoms with Crippen molar-refractivity contribution in [1.29, 1.82) is 0 Å². The molecule has 0 aromatic heterocycles. The summed E-state index contributed by atoms with van der Waals surface area (Å²) in [5, 5.41) is 10.5. The smallest absolute Gasteiger partial charge is 0.341 e. The number of ether oxygens (including phenoxy) is 2. The first kappa shape index (κ1) is 11.6. The topological polar surface area (TPSA) is 55.8 Å². The third kappa shape index (κ3) is 1.29. The van der Waals surface area contributed by atoms with Gasteiger partial charge in [0.25, 0.3) is 0 Å². The average molecular weight is 250 g/mol. The fourth-order valence-corrected chi connectivity index (χ4v) is 3.80. The lowest BCUT2D eigenvalue weighted by atomic mass is 9.55. The van der Waals surface area contributed by atoms with E-state index in [9.17, 15) is 9.90 Å². The van der Waals surface area contributed by atoms with Gasteiger partial charge in [-0.2, -0.15) is 0 Å². The lowest BCUT2D eigenvalue weighted by molar-refractivity contribution is -0.136. The standard InChI is InChI=1S/C14H18O4/c1-17-9-7-14-5-3-8(4-6-14)10(12(14)15)11(9)13(16)18-2/h8,15H,3-7H2,1-2H3. The van der Waals surface area contributed by atoms with Crippen molar-refractivity contribution < 1.29 is 19.4 Å². The lowest BCUT2D eigenvalue weighted by Gasteiger charge is -2.50. The van der Waals surface area contributed by atoms with Gasteiger partial charge in [0.15, 0.2) is 0 Å². The van der Waals surface area contributed by atoms with Crippen LogP contribution in [0.25, 0.3) is 0 Å². The summed E-state index contributed by atoms with van der Waals surface area (Å²) >= 11 is 0. The molecule has 0 aliphatic heterocycles. The molecular formula is C14H18O4. The summed E-state index contributed by atoms with van der Waals surface area (Å²) in [5.74, 6) is 0.993. The molecule has 0 unspecified atom stereocenters. The van der Waals surface area contributed by atoms with Crippen LogP contribution in [-0.2, 0) is 14.3 Å². The number of methoxy groups -OCH3 is 2. The van der Waals surface area contributed by atoms with Gasteiger partial charge in [0.1, 0.15) is 17.1 Å². The largest absolute Gasteiger partial charge is 0.511 e. The molecular weight excluding hydrogens is 232 g/mol. The molecule has 4 heteroatoms. The molecule has 4 nitrogen and oxygen atoms in total. The van der Waals surface area contributed by atoms with Crippen LogP contribution in [0, 0.1) is 11.3 Å². The number of allylic oxidation sites excluding steroid dienone is 2. The minimum atomic E-state index is -0.393. The van der Waals surface area contributed by atoms with Crippen LogP contribution in [0.15, 0.2) is 22.7 Å². The van der Waals surface area contributed by atoms with Gasteiger partial charge in [0.05, 0.1) is 14.2 Å². The molecule has 18 heavy (non-hydrogen) atoms. The van der Waals surface area contributed by atoms with Crippen molar-refractivity contribution in [2.45, 2.75) is 32.1 Å². The number of aliphatic hydroxyl groups is 1. The first-order chi connectivity index (χ1) is 8.63. The maximum absolute atomic E-state index is 12.0. The number of carbonyl (C=O) groups excluding carboxylic acids is 1. The SMILES string of the molecule is COC(=O)C1=C(OC)CC23CCC(CC2)C1=C3O. The van der Waals surface area contributed by atoms with Crippen LogP contribution in [-0.4, -0.2) is 25.3 Å². The van der Waals surface area contributed by atoms with Crippen molar-refractivity contribution >= 4 is 5.97 Å². The van der Waals surface area contributed by atoms with E-state index in [1.54, 1.807) is 7.11 Å². The minimum absolute atomic E-state index is 0.174. The molecule has 0 radical (unpaired) electrons. The molecule has 98 valence electrons. The van der Waals surface area contributed by atoms with Crippen LogP contribution in [0.1, 0.15) is 32.1 Å². The van der Waals surface area contributed by atoms with E-state index in [4.69, 9.17) is 9.47 Å². The predicted octanol–water partition coefficient (Wildman–Crippen LogP) is 2.47. The summed E-state index contributed by atoms with van der Waals surface area (Å²) in [5.41, 5.74) is 1.09. The van der Waals surface area contributed by atoms with Crippen molar-refractivity contribution in [2.75, 3.05) is 14.2 Å². The van der Waals surface area contributed by atoms with Crippen molar-refractivity contribution in [3.63, 3.8) is 0 Å². The Morgan fingerprint density at radius 1 is 1.33 bits per heavy atom. The molecule has 4 aliphatic rings. The molecule has 1 spiro atoms. The highest BCUT2D eigenvalue weighted by molar-refractivity contribution is 5.95. The zero-order valence-electron chi connectivity index (χ0n) is 10.8. The van der Waals surface area contributed by atoms with E-state index in [0.29, 0.717) is 23.5 Å². The highest BCUT2D eigenvalue weighted by Gasteiger charge is 2.53. The predicted molar refractivity (Wildman–Crippen MR) is 64.7 cm³/mol. The van der Waals surface area contributed by atoms with Gasteiger partial charge in [-0.1, -0.05) is 0 Å². The summed E-state index contributed by atoms with van der Waals surface area (Å²) in [6, 6.07) is 0. The molecule has 4 rings (SSSR count). The number of esters is 1. The molecule has 0 aromatic rings. The van der Waals surface area contributed by atoms with Crippen molar-refractivity contribution in [3.8, 4) is 0 Å². The first-order valence-electron chi connectivity index (χ1n) is 6.42. The summed E-state index contributed by atoms with van der Waals surface area (Å²) in [7, 11) is 2.95. The van der Waals surface area contributed by atoms with Crippen molar-refractivity contribution in [2.24, 2.45) is 11.3 Å². The minimum Gasteiger partial charge on any atom is -0.511 e. The van der Waals surface area contributed by atoms with Crippen LogP contribution >= 0.6 is 0 Å². The van der Waals surface area contributed by atoms with E-state index < -0.39 is 5.97 Å². The number of rotatable bonds is 2. The maximum Gasteiger partial charge on any atom is 0.341 e. The van der Waals surface area contributed by atoms with Gasteiger partial charge >= 0.3 is 5.97 Å². The van der Waals surface area contributed by atoms with E-state index >= 15 is 0 Å². The molecule has 1 saturated carbocycles. The van der Waals surface area contributed by atoms with E-state index in [1.807, 2.05) is 0 Å². The molecule has 0 amide bonds. The highest BCUT2D eigenvalue weighted by Crippen LogP contribution is 2.60. The van der Waals surface area contributed by atoms with Crippen LogP contribution in [0.3, 0.4) is 0 Å². The zero-order valence-corrected chi connectivity index (χ0v) is 10.8. The van der Waals surface area contributed by atoms with Gasteiger partial charge in [-0.05, 0) is 31.6 Å². The summed E-state index contributed by atoms with van der Waals surface area (Å²) in [6.45, 7) is 0. The Morgan fingerprint density at radius 3 is 2.56 bits per heavy atom. The Kier molecular flexibility index (Phi) is 2.44. The average Bonchev–Trinajstić information content (AvgIpc) is 2.38. The molecule has 0 heterocycles. The van der Waals surface area contributed by atoms with E-state index in [1.165, 1.54) is 7.11 Å². The quantitative estimate of drug-likeness (QED) is 0.765. The monoisotopic (exact) mass is 250 g/mol. The second-order valence-corrected chi connectivity index (χ2v) is 5.49. The molecule has 1 N–H and O–H groups in total. The maximum atomic E-state index is 12.0. The van der Waals surface area contributed by atoms with E-state index in [2.05, 4.69) is 0 Å². The zero-order chi connectivity index (χ0) is 12.9. The Bertz CT molecular complexity index is 464. The summed E-state index contributed by atoms with van der Waals surface area (Å²) < 4.78 is 10.2. The fourth-order valence-electron chi connectivity index (χ4n) is 3.80. The van der Waals surface area contributed by atoms with E-state index in [0.717, 1.165) is 31.3 Å². The Morgan fingerprint density at radius 2 is 2.00 bits per heavy atom. The highest BCUT2D eigenvalue weighted by atomic mass is 16.5. The van der Waals surface area contributed by atoms with Gasteiger partial charge in [-0.3, -0.25) is 0 Å². The second kappa shape index (κ2) is 3.77. The van der Waals surface area contributed by atoms with Gasteiger partial charge in [0, 0.05) is 17.4 Å². The van der Waals surface area contributed by atoms with Gasteiger partial charge in [-0.15, -0.1) is 0 Å². The molecule has 0 saturated heterocycles. The van der Waals surface area contributed by atoms with Crippen molar-refractivity contribution in [3.05, 3.63) is 22.7 Å². The number of fused-ring (bicyclic) bond motifs is 2. The summed E-state index contributed by atoms with van der Waals surface area (Å²) in [4.78, 5) is 12.0. The Hall–Kier alpha value is -1.45. The third-order valence-corrected chi connectivity index (χ3v) is 4.79. The normalized spacial score (nSPS) is 33.8. The summed E-state index contributed by atoms with van der Waals surface area (Å²) in [6.07, 6.45) is 4.71. The molecule has 4 aliphatic carbocycles. The molecule has 3 bridgehead atoms. The first-order valence-corrected chi connectivity index (χ1v) is 6.42. The second-order valence-electron chi connectivity index (χ2n) is 5.49. The Balaban J connectivity index is 2.17. The number of hydrogen-bond acceptors (Lipinski definition) is 4. The number of carbonyl (C=O) groups is 1. The van der Waals surface area contributed by atoms with Gasteiger partial charge < -0.3 is 14.6 Å². The van der Waals surface area contributed by atoms with Gasteiger partial charge in [-0.25, -0.2) is 4.79 Å². The lowest BCUT2D eigenvalue weighted by Crippen LogP contribution is -2.42. The van der Waals surface area contributed by atoms with Crippen LogP contribution in [0.2, 0.25) is 0 Å². The Labute approximate surface area is 106 Å². The van der Waals surface area contributed by atoms with Crippen molar-refractivity contribution in [1.82, 2.24) is 0 Å². The van der Waals surface area contributed by atoms with Crippen LogP contribution in [0.4, 0.5) is 0 Å². The third-order valence-electron chi connectivity index (χ3n) is 4.79. The molecule has 0 atom stereocenters. The number of hydrogen-bond donors (Lipinski definition) is 1. The van der Waals surface area contributed by atoms with Crippen LogP contribution < -0.4 is 0 Å². The van der Waals surface area contributed by atoms with Crippen LogP contribution in [0.5, 0.6) is 0 Å². The number of aliphatic hydroxyl groups excluding tert-OH is 1. The molecule has 0 aromatic carbocycles. The van der Waals surface area contributed by atoms with Gasteiger partial charge in [0.2, 0.25) is 0 Å². The van der Waals surface area contributed by atoms with E-state index in [-0.39, 0.29) is 11.3 Å².